The molecule has 26 heavy (non-hydrogen) atoms. The maximum Gasteiger partial charge on any atom is 0.324 e. The van der Waals surface area contributed by atoms with Crippen LogP contribution in [0.3, 0.4) is 0 Å². The Balaban J connectivity index is 1.89. The molecule has 0 atom stereocenters. The average molecular weight is 365 g/mol. The summed E-state index contributed by atoms with van der Waals surface area (Å²) < 4.78 is 15.8. The summed E-state index contributed by atoms with van der Waals surface area (Å²) in [6.07, 6.45) is 0.394. The van der Waals surface area contributed by atoms with Crippen molar-refractivity contribution in [1.29, 1.82) is 0 Å². The zero-order chi connectivity index (χ0) is 19.1. The van der Waals surface area contributed by atoms with E-state index >= 15 is 0 Å². The highest BCUT2D eigenvalue weighted by molar-refractivity contribution is 5.96. The molecule has 1 aliphatic heterocycles. The highest BCUT2D eigenvalue weighted by Gasteiger charge is 2.23. The van der Waals surface area contributed by atoms with Gasteiger partial charge in [-0.25, -0.2) is 4.79 Å². The lowest BCUT2D eigenvalue weighted by atomic mass is 10.1. The lowest BCUT2D eigenvalue weighted by molar-refractivity contribution is -0.121. The second-order valence-corrected chi connectivity index (χ2v) is 5.65. The third-order valence-electron chi connectivity index (χ3n) is 3.97. The fraction of sp³-hybridized carbons (Fsp3) is 0.471. The molecule has 0 bridgehead atoms. The molecule has 1 aliphatic rings. The summed E-state index contributed by atoms with van der Waals surface area (Å²) in [4.78, 5) is 36.2. The van der Waals surface area contributed by atoms with Crippen LogP contribution in [0.5, 0.6) is 17.2 Å². The van der Waals surface area contributed by atoms with Gasteiger partial charge in [-0.15, -0.1) is 0 Å². The number of ether oxygens (including phenoxy) is 3. The van der Waals surface area contributed by atoms with Crippen LogP contribution in [0.15, 0.2) is 12.1 Å². The summed E-state index contributed by atoms with van der Waals surface area (Å²) >= 11 is 0. The van der Waals surface area contributed by atoms with Gasteiger partial charge in [-0.05, 0) is 17.7 Å². The van der Waals surface area contributed by atoms with Gasteiger partial charge in [0.05, 0.1) is 21.3 Å². The van der Waals surface area contributed by atoms with Crippen molar-refractivity contribution in [3.05, 3.63) is 17.7 Å². The fourth-order valence-corrected chi connectivity index (χ4v) is 2.58. The number of benzene rings is 1. The molecule has 2 N–H and O–H groups in total. The lowest BCUT2D eigenvalue weighted by Gasteiger charge is -2.26. The molecule has 0 saturated carbocycles. The van der Waals surface area contributed by atoms with Crippen LogP contribution >= 0.6 is 0 Å². The molecule has 1 aromatic rings. The molecule has 0 radical (unpaired) electrons. The number of imide groups is 1. The van der Waals surface area contributed by atoms with Gasteiger partial charge in [0.2, 0.25) is 17.6 Å². The molecule has 1 aromatic carbocycles. The van der Waals surface area contributed by atoms with Crippen molar-refractivity contribution in [2.24, 2.45) is 0 Å². The van der Waals surface area contributed by atoms with Crippen LogP contribution in [-0.2, 0) is 16.1 Å². The van der Waals surface area contributed by atoms with Crippen LogP contribution in [0, 0.1) is 0 Å². The molecular formula is C17H23N3O6. The molecule has 1 fully saturated rings. The van der Waals surface area contributed by atoms with E-state index in [0.717, 1.165) is 5.56 Å². The fourth-order valence-electron chi connectivity index (χ4n) is 2.58. The van der Waals surface area contributed by atoms with Crippen molar-refractivity contribution in [1.82, 2.24) is 15.5 Å². The third-order valence-corrected chi connectivity index (χ3v) is 3.97. The Labute approximate surface area is 151 Å². The number of carbonyl (C=O) groups is 3. The van der Waals surface area contributed by atoms with Crippen LogP contribution in [0.4, 0.5) is 4.79 Å². The summed E-state index contributed by atoms with van der Waals surface area (Å²) in [5.41, 5.74) is 0.786. The van der Waals surface area contributed by atoms with E-state index in [9.17, 15) is 14.4 Å². The Morgan fingerprint density at radius 3 is 2.35 bits per heavy atom. The van der Waals surface area contributed by atoms with E-state index in [-0.39, 0.29) is 37.7 Å². The first kappa shape index (κ1) is 19.4. The van der Waals surface area contributed by atoms with Crippen molar-refractivity contribution < 1.29 is 28.6 Å². The van der Waals surface area contributed by atoms with Crippen LogP contribution in [0.25, 0.3) is 0 Å². The third kappa shape index (κ3) is 4.78. The minimum Gasteiger partial charge on any atom is -0.493 e. The predicted octanol–water partition coefficient (Wildman–Crippen LogP) is 0.661. The largest absolute Gasteiger partial charge is 0.493 e. The molecule has 0 aromatic heterocycles. The normalized spacial score (nSPS) is 13.9. The summed E-state index contributed by atoms with van der Waals surface area (Å²) in [6, 6.07) is 3.05. The topological polar surface area (TPSA) is 106 Å². The average Bonchev–Trinajstić information content (AvgIpc) is 2.64. The molecule has 142 valence electrons. The van der Waals surface area contributed by atoms with Gasteiger partial charge in [0.15, 0.2) is 11.5 Å². The Kier molecular flexibility index (Phi) is 6.65. The number of amides is 4. The molecule has 9 heteroatoms. The van der Waals surface area contributed by atoms with Crippen LogP contribution in [0.2, 0.25) is 0 Å². The standard InChI is InChI=1S/C17H23N3O6/c1-24-12-8-11(9-13(25-2)16(12)26-3)10-18-14(21)4-6-20-7-5-15(22)19-17(20)23/h8-9H,4-7,10H2,1-3H3,(H,18,21)(H,19,22,23). The van der Waals surface area contributed by atoms with E-state index in [1.807, 2.05) is 0 Å². The molecule has 2 rings (SSSR count). The van der Waals surface area contributed by atoms with Crippen molar-refractivity contribution in [2.75, 3.05) is 34.4 Å². The first-order valence-electron chi connectivity index (χ1n) is 8.12. The zero-order valence-electron chi connectivity index (χ0n) is 15.1. The maximum atomic E-state index is 12.0. The minimum absolute atomic E-state index is 0.145. The number of hydrogen-bond acceptors (Lipinski definition) is 6. The van der Waals surface area contributed by atoms with E-state index in [0.29, 0.717) is 23.8 Å². The number of nitrogens with zero attached hydrogens (tertiary/aromatic N) is 1. The van der Waals surface area contributed by atoms with E-state index in [1.165, 1.54) is 26.2 Å². The molecule has 0 spiro atoms. The first-order chi connectivity index (χ1) is 12.5. The highest BCUT2D eigenvalue weighted by atomic mass is 16.5. The van der Waals surface area contributed by atoms with Gasteiger partial charge in [0.25, 0.3) is 0 Å². The van der Waals surface area contributed by atoms with Crippen LogP contribution < -0.4 is 24.8 Å². The van der Waals surface area contributed by atoms with Gasteiger partial charge in [-0.3, -0.25) is 14.9 Å². The Morgan fingerprint density at radius 1 is 1.15 bits per heavy atom. The monoisotopic (exact) mass is 365 g/mol. The van der Waals surface area contributed by atoms with E-state index in [4.69, 9.17) is 14.2 Å². The number of nitrogens with one attached hydrogen (secondary N) is 2. The van der Waals surface area contributed by atoms with E-state index < -0.39 is 6.03 Å². The van der Waals surface area contributed by atoms with Crippen molar-refractivity contribution in [3.8, 4) is 17.2 Å². The number of rotatable bonds is 8. The van der Waals surface area contributed by atoms with Gasteiger partial charge >= 0.3 is 6.03 Å². The van der Waals surface area contributed by atoms with Crippen molar-refractivity contribution in [3.63, 3.8) is 0 Å². The Morgan fingerprint density at radius 2 is 1.81 bits per heavy atom. The van der Waals surface area contributed by atoms with E-state index in [2.05, 4.69) is 10.6 Å². The number of methoxy groups -OCH3 is 3. The van der Waals surface area contributed by atoms with Gasteiger partial charge in [-0.2, -0.15) is 0 Å². The Bertz CT molecular complexity index is 666. The molecular weight excluding hydrogens is 342 g/mol. The van der Waals surface area contributed by atoms with E-state index in [1.54, 1.807) is 12.1 Å². The Hall–Kier alpha value is -2.97. The first-order valence-corrected chi connectivity index (χ1v) is 8.12. The molecule has 0 aliphatic carbocycles. The number of urea groups is 1. The lowest BCUT2D eigenvalue weighted by Crippen LogP contribution is -2.50. The van der Waals surface area contributed by atoms with Gasteiger partial charge in [0.1, 0.15) is 0 Å². The summed E-state index contributed by atoms with van der Waals surface area (Å²) in [5, 5.41) is 5.01. The van der Waals surface area contributed by atoms with Crippen molar-refractivity contribution >= 4 is 17.8 Å². The van der Waals surface area contributed by atoms with Gasteiger partial charge < -0.3 is 24.4 Å². The SMILES string of the molecule is COc1cc(CNC(=O)CCN2CCC(=O)NC2=O)cc(OC)c1OC. The number of carbonyl (C=O) groups excluding carboxylic acids is 3. The summed E-state index contributed by atoms with van der Waals surface area (Å²) in [6.45, 7) is 0.852. The van der Waals surface area contributed by atoms with Gasteiger partial charge in [0, 0.05) is 32.5 Å². The van der Waals surface area contributed by atoms with Gasteiger partial charge in [-0.1, -0.05) is 0 Å². The summed E-state index contributed by atoms with van der Waals surface area (Å²) in [7, 11) is 4.56. The van der Waals surface area contributed by atoms with Crippen LogP contribution in [-0.4, -0.2) is 57.2 Å². The highest BCUT2D eigenvalue weighted by Crippen LogP contribution is 2.38. The smallest absolute Gasteiger partial charge is 0.324 e. The quantitative estimate of drug-likeness (QED) is 0.701. The zero-order valence-corrected chi connectivity index (χ0v) is 15.1. The molecule has 1 heterocycles. The molecule has 4 amide bonds. The summed E-state index contributed by atoms with van der Waals surface area (Å²) in [5.74, 6) is 0.994. The second kappa shape index (κ2) is 8.93. The predicted molar refractivity (Wildman–Crippen MR) is 92.3 cm³/mol. The minimum atomic E-state index is -0.460. The maximum absolute atomic E-state index is 12.0. The molecule has 0 unspecified atom stereocenters. The number of hydrogen-bond donors (Lipinski definition) is 2. The molecule has 1 saturated heterocycles. The molecule has 9 nitrogen and oxygen atoms in total. The van der Waals surface area contributed by atoms with Crippen molar-refractivity contribution in [2.45, 2.75) is 19.4 Å². The second-order valence-electron chi connectivity index (χ2n) is 5.65. The van der Waals surface area contributed by atoms with Crippen LogP contribution in [0.1, 0.15) is 18.4 Å².